The number of allylic oxidation sites excluding steroid dienone is 1. The van der Waals surface area contributed by atoms with Crippen molar-refractivity contribution >= 4 is 10.4 Å². The first-order valence-corrected chi connectivity index (χ1v) is 6.51. The summed E-state index contributed by atoms with van der Waals surface area (Å²) in [7, 11) is -4.11. The van der Waals surface area contributed by atoms with E-state index in [9.17, 15) is 8.42 Å². The van der Waals surface area contributed by atoms with Gasteiger partial charge in [0.2, 0.25) is 0 Å². The Bertz CT molecular complexity index is 486. The van der Waals surface area contributed by atoms with E-state index in [0.717, 1.165) is 5.56 Å². The summed E-state index contributed by atoms with van der Waals surface area (Å²) in [5.74, 6) is 5.16. The Kier molecular flexibility index (Phi) is 5.79. The van der Waals surface area contributed by atoms with Gasteiger partial charge in [0.1, 0.15) is 19.0 Å². The van der Waals surface area contributed by atoms with E-state index in [4.69, 9.17) is 4.74 Å². The van der Waals surface area contributed by atoms with Crippen molar-refractivity contribution < 1.29 is 21.6 Å². The van der Waals surface area contributed by atoms with Crippen LogP contribution in [0.2, 0.25) is 0 Å². The van der Waals surface area contributed by atoms with Gasteiger partial charge >= 0.3 is 10.4 Å². The minimum absolute atomic E-state index is 0.0662. The molecule has 0 heterocycles. The van der Waals surface area contributed by atoms with Gasteiger partial charge in [0.05, 0.1) is 0 Å². The lowest BCUT2D eigenvalue weighted by atomic mass is 10.1. The van der Waals surface area contributed by atoms with Crippen molar-refractivity contribution in [2.24, 2.45) is 5.90 Å². The molecule has 0 aliphatic carbocycles. The highest BCUT2D eigenvalue weighted by atomic mass is 32.3. The summed E-state index contributed by atoms with van der Waals surface area (Å²) < 4.78 is 34.9. The van der Waals surface area contributed by atoms with Crippen LogP contribution in [0.25, 0.3) is 0 Å². The van der Waals surface area contributed by atoms with Crippen molar-refractivity contribution in [2.75, 3.05) is 13.2 Å². The highest BCUT2D eigenvalue weighted by molar-refractivity contribution is 7.81. The highest BCUT2D eigenvalue weighted by Crippen LogP contribution is 2.18. The zero-order valence-electron chi connectivity index (χ0n) is 9.74. The van der Waals surface area contributed by atoms with Crippen LogP contribution in [0, 0.1) is 0 Å². The predicted octanol–water partition coefficient (Wildman–Crippen LogP) is 0.946. The fraction of sp³-hybridized carbons (Fsp3) is 0.273. The normalized spacial score (nSPS) is 11.2. The van der Waals surface area contributed by atoms with Gasteiger partial charge in [-0.2, -0.15) is 18.6 Å². The molecule has 0 saturated heterocycles. The molecule has 0 unspecified atom stereocenters. The Morgan fingerprint density at radius 2 is 2.00 bits per heavy atom. The molecule has 1 aromatic rings. The third-order valence-corrected chi connectivity index (χ3v) is 2.71. The van der Waals surface area contributed by atoms with Gasteiger partial charge in [-0.15, -0.1) is 6.58 Å². The van der Waals surface area contributed by atoms with Crippen LogP contribution in [0.1, 0.15) is 5.56 Å². The van der Waals surface area contributed by atoms with Crippen LogP contribution in [0.3, 0.4) is 0 Å². The number of ether oxygens (including phenoxy) is 1. The Morgan fingerprint density at radius 1 is 1.28 bits per heavy atom. The first-order valence-electron chi connectivity index (χ1n) is 5.18. The average molecular weight is 273 g/mol. The predicted molar refractivity (Wildman–Crippen MR) is 66.0 cm³/mol. The lowest BCUT2D eigenvalue weighted by Gasteiger charge is -2.09. The number of hydrogen-bond donors (Lipinski definition) is 1. The van der Waals surface area contributed by atoms with Crippen LogP contribution in [0.15, 0.2) is 36.9 Å². The zero-order valence-corrected chi connectivity index (χ0v) is 10.6. The monoisotopic (exact) mass is 273 g/mol. The summed E-state index contributed by atoms with van der Waals surface area (Å²) in [6.45, 7) is 3.53. The van der Waals surface area contributed by atoms with Gasteiger partial charge in [0.25, 0.3) is 0 Å². The number of benzene rings is 1. The Labute approximate surface area is 106 Å². The Balaban J connectivity index is 2.46. The Morgan fingerprint density at radius 3 is 2.67 bits per heavy atom. The van der Waals surface area contributed by atoms with Gasteiger partial charge in [-0.05, 0) is 18.1 Å². The maximum atomic E-state index is 10.7. The van der Waals surface area contributed by atoms with Gasteiger partial charge in [-0.1, -0.05) is 24.3 Å². The van der Waals surface area contributed by atoms with E-state index in [1.165, 1.54) is 0 Å². The maximum Gasteiger partial charge on any atom is 0.416 e. The number of nitrogens with two attached hydrogens (primary N) is 1. The van der Waals surface area contributed by atoms with Crippen LogP contribution in [-0.2, 0) is 25.3 Å². The molecule has 0 aliphatic rings. The van der Waals surface area contributed by atoms with Crippen LogP contribution >= 0.6 is 0 Å². The van der Waals surface area contributed by atoms with Crippen molar-refractivity contribution in [3.05, 3.63) is 42.5 Å². The van der Waals surface area contributed by atoms with Gasteiger partial charge in [-0.25, -0.2) is 4.18 Å². The van der Waals surface area contributed by atoms with Crippen molar-refractivity contribution in [1.29, 1.82) is 0 Å². The molecule has 0 saturated carbocycles. The standard InChI is InChI=1S/C11H15NO5S/c1-2-5-10-6-3-4-7-11(10)15-8-9-16-18(13,14)17-12/h2-4,6-7H,1,5,8-9,12H2. The fourth-order valence-corrected chi connectivity index (χ4v) is 1.61. The van der Waals surface area contributed by atoms with E-state index >= 15 is 0 Å². The molecule has 0 bridgehead atoms. The quantitative estimate of drug-likeness (QED) is 0.431. The minimum atomic E-state index is -4.11. The number of para-hydroxylation sites is 1. The number of hydrogen-bond acceptors (Lipinski definition) is 6. The van der Waals surface area contributed by atoms with Crippen molar-refractivity contribution in [3.63, 3.8) is 0 Å². The van der Waals surface area contributed by atoms with Crippen LogP contribution in [0.5, 0.6) is 5.75 Å². The molecule has 0 aromatic heterocycles. The van der Waals surface area contributed by atoms with Crippen molar-refractivity contribution in [2.45, 2.75) is 6.42 Å². The summed E-state index contributed by atoms with van der Waals surface area (Å²) >= 11 is 0. The fourth-order valence-electron chi connectivity index (χ4n) is 1.28. The molecule has 0 fully saturated rings. The first-order chi connectivity index (χ1) is 8.59. The van der Waals surface area contributed by atoms with E-state index in [2.05, 4.69) is 20.9 Å². The van der Waals surface area contributed by atoms with Gasteiger partial charge in [-0.3, -0.25) is 0 Å². The van der Waals surface area contributed by atoms with Crippen LogP contribution in [-0.4, -0.2) is 21.6 Å². The van der Waals surface area contributed by atoms with Crippen molar-refractivity contribution in [3.8, 4) is 5.75 Å². The van der Waals surface area contributed by atoms with Crippen LogP contribution in [0.4, 0.5) is 0 Å². The second kappa shape index (κ2) is 7.12. The Hall–Kier alpha value is -1.41. The molecular formula is C11H15NO5S. The second-order valence-corrected chi connectivity index (χ2v) is 4.52. The second-order valence-electron chi connectivity index (χ2n) is 3.28. The lowest BCUT2D eigenvalue weighted by Crippen LogP contribution is -2.18. The topological polar surface area (TPSA) is 87.8 Å². The van der Waals surface area contributed by atoms with E-state index < -0.39 is 10.4 Å². The lowest BCUT2D eigenvalue weighted by molar-refractivity contribution is 0.179. The molecule has 7 heteroatoms. The summed E-state index contributed by atoms with van der Waals surface area (Å²) in [4.78, 5) is 0. The maximum absolute atomic E-state index is 10.7. The molecule has 1 rings (SSSR count). The van der Waals surface area contributed by atoms with Crippen molar-refractivity contribution in [1.82, 2.24) is 0 Å². The molecule has 0 spiro atoms. The molecule has 100 valence electrons. The third kappa shape index (κ3) is 4.84. The summed E-state index contributed by atoms with van der Waals surface area (Å²) in [6, 6.07) is 7.39. The molecule has 18 heavy (non-hydrogen) atoms. The smallest absolute Gasteiger partial charge is 0.416 e. The molecule has 0 atom stereocenters. The average Bonchev–Trinajstić information content (AvgIpc) is 2.37. The number of rotatable bonds is 8. The molecule has 0 radical (unpaired) electrons. The summed E-state index contributed by atoms with van der Waals surface area (Å²) in [6.07, 6.45) is 2.42. The van der Waals surface area contributed by atoms with Gasteiger partial charge in [0.15, 0.2) is 0 Å². The molecular weight excluding hydrogens is 258 g/mol. The van der Waals surface area contributed by atoms with Crippen LogP contribution < -0.4 is 10.6 Å². The molecule has 2 N–H and O–H groups in total. The van der Waals surface area contributed by atoms with E-state index in [0.29, 0.717) is 12.2 Å². The summed E-state index contributed by atoms with van der Waals surface area (Å²) in [5.41, 5.74) is 0.963. The van der Waals surface area contributed by atoms with Gasteiger partial charge in [0, 0.05) is 0 Å². The molecule has 0 amide bonds. The van der Waals surface area contributed by atoms with E-state index in [1.54, 1.807) is 12.1 Å². The largest absolute Gasteiger partial charge is 0.491 e. The minimum Gasteiger partial charge on any atom is -0.491 e. The van der Waals surface area contributed by atoms with Gasteiger partial charge < -0.3 is 4.74 Å². The first kappa shape index (κ1) is 14.7. The van der Waals surface area contributed by atoms with E-state index in [1.807, 2.05) is 18.2 Å². The third-order valence-electron chi connectivity index (χ3n) is 2.02. The SMILES string of the molecule is C=CCc1ccccc1OCCOS(=O)(=O)ON. The molecule has 6 nitrogen and oxygen atoms in total. The molecule has 1 aromatic carbocycles. The van der Waals surface area contributed by atoms with E-state index in [-0.39, 0.29) is 13.2 Å². The highest BCUT2D eigenvalue weighted by Gasteiger charge is 2.09. The zero-order chi connectivity index (χ0) is 13.4. The molecule has 0 aliphatic heterocycles. The summed E-state index contributed by atoms with van der Waals surface area (Å²) in [5, 5.41) is 0.